The van der Waals surface area contributed by atoms with Gasteiger partial charge in [-0.05, 0) is 19.3 Å². The molecular weight excluding hydrogens is 142 g/mol. The number of rotatable bonds is 1. The molecule has 0 bridgehead atoms. The molecule has 11 heavy (non-hydrogen) atoms. The average Bonchev–Trinajstić information content (AvgIpc) is 2.15. The van der Waals surface area contributed by atoms with Crippen LogP contribution in [-0.2, 0) is 7.05 Å². The highest BCUT2D eigenvalue weighted by atomic mass is 16.2. The molecule has 1 aromatic rings. The molecular formula is C7H11N3O. The maximum Gasteiger partial charge on any atom is 0.364 e. The highest BCUT2D eigenvalue weighted by Gasteiger charge is 2.22. The normalized spacial score (nSPS) is 18.3. The molecule has 1 aliphatic carbocycles. The third-order valence-electron chi connectivity index (χ3n) is 2.29. The zero-order chi connectivity index (χ0) is 7.84. The van der Waals surface area contributed by atoms with Crippen molar-refractivity contribution < 1.29 is 0 Å². The van der Waals surface area contributed by atoms with Crippen molar-refractivity contribution in [1.29, 1.82) is 0 Å². The topological polar surface area (TPSA) is 39.8 Å². The molecule has 0 unspecified atom stereocenters. The molecule has 2 rings (SSSR count). The Morgan fingerprint density at radius 1 is 1.64 bits per heavy atom. The van der Waals surface area contributed by atoms with Crippen molar-refractivity contribution >= 4 is 0 Å². The van der Waals surface area contributed by atoms with E-state index in [0.29, 0.717) is 6.04 Å². The van der Waals surface area contributed by atoms with Gasteiger partial charge in [-0.2, -0.15) is 4.98 Å². The fraction of sp³-hybridized carbons (Fsp3) is 0.714. The predicted octanol–water partition coefficient (Wildman–Crippen LogP) is 0.307. The van der Waals surface area contributed by atoms with E-state index in [1.165, 1.54) is 6.42 Å². The molecule has 1 aromatic heterocycles. The van der Waals surface area contributed by atoms with Crippen LogP contribution in [0.2, 0.25) is 0 Å². The van der Waals surface area contributed by atoms with E-state index in [1.807, 2.05) is 7.05 Å². The minimum absolute atomic E-state index is 0.114. The molecule has 1 heterocycles. The van der Waals surface area contributed by atoms with E-state index >= 15 is 0 Å². The minimum atomic E-state index is -0.114. The Bertz CT molecular complexity index is 308. The summed E-state index contributed by atoms with van der Waals surface area (Å²) >= 11 is 0. The SMILES string of the molecule is Cn1cnc(=O)n1C1CCC1. The maximum atomic E-state index is 11.1. The van der Waals surface area contributed by atoms with Gasteiger partial charge in [0.05, 0.1) is 6.04 Å². The second-order valence-electron chi connectivity index (χ2n) is 3.03. The molecule has 4 nitrogen and oxygen atoms in total. The lowest BCUT2D eigenvalue weighted by Gasteiger charge is -2.26. The Hall–Kier alpha value is -1.06. The van der Waals surface area contributed by atoms with Crippen LogP contribution in [0, 0.1) is 0 Å². The van der Waals surface area contributed by atoms with Crippen LogP contribution in [0.15, 0.2) is 11.1 Å². The Balaban J connectivity index is 2.41. The van der Waals surface area contributed by atoms with Gasteiger partial charge in [0.2, 0.25) is 0 Å². The first-order valence-corrected chi connectivity index (χ1v) is 3.89. The first-order valence-electron chi connectivity index (χ1n) is 3.89. The van der Waals surface area contributed by atoms with Crippen molar-refractivity contribution in [1.82, 2.24) is 14.3 Å². The lowest BCUT2D eigenvalue weighted by atomic mass is 9.93. The molecule has 0 N–H and O–H groups in total. The number of aromatic nitrogens is 3. The van der Waals surface area contributed by atoms with Crippen LogP contribution in [0.25, 0.3) is 0 Å². The van der Waals surface area contributed by atoms with Crippen molar-refractivity contribution in [2.45, 2.75) is 25.3 Å². The molecule has 1 aliphatic rings. The number of hydrogen-bond donors (Lipinski definition) is 0. The summed E-state index contributed by atoms with van der Waals surface area (Å²) in [7, 11) is 1.85. The molecule has 60 valence electrons. The van der Waals surface area contributed by atoms with Crippen molar-refractivity contribution in [2.75, 3.05) is 0 Å². The molecule has 0 radical (unpaired) electrons. The van der Waals surface area contributed by atoms with Gasteiger partial charge in [0, 0.05) is 7.05 Å². The molecule has 0 spiro atoms. The van der Waals surface area contributed by atoms with Gasteiger partial charge in [-0.15, -0.1) is 0 Å². The molecule has 1 saturated carbocycles. The molecule has 1 fully saturated rings. The van der Waals surface area contributed by atoms with Gasteiger partial charge in [-0.25, -0.2) is 9.48 Å². The standard InChI is InChI=1S/C7H11N3O/c1-9-5-8-7(11)10(9)6-3-2-4-6/h5-6H,2-4H2,1H3. The first kappa shape index (κ1) is 6.64. The molecule has 0 aliphatic heterocycles. The Morgan fingerprint density at radius 2 is 2.36 bits per heavy atom. The summed E-state index contributed by atoms with van der Waals surface area (Å²) in [5.41, 5.74) is -0.114. The van der Waals surface area contributed by atoms with Gasteiger partial charge >= 0.3 is 5.69 Å². The maximum absolute atomic E-state index is 11.1. The van der Waals surface area contributed by atoms with E-state index in [4.69, 9.17) is 0 Å². The monoisotopic (exact) mass is 153 g/mol. The van der Waals surface area contributed by atoms with E-state index < -0.39 is 0 Å². The Labute approximate surface area is 64.4 Å². The Morgan fingerprint density at radius 3 is 2.73 bits per heavy atom. The van der Waals surface area contributed by atoms with Crippen molar-refractivity contribution in [2.24, 2.45) is 7.05 Å². The van der Waals surface area contributed by atoms with Gasteiger partial charge < -0.3 is 0 Å². The zero-order valence-electron chi connectivity index (χ0n) is 6.53. The fourth-order valence-corrected chi connectivity index (χ4v) is 1.43. The summed E-state index contributed by atoms with van der Waals surface area (Å²) in [5.74, 6) is 0. The van der Waals surface area contributed by atoms with Crippen LogP contribution >= 0.6 is 0 Å². The van der Waals surface area contributed by atoms with E-state index in [2.05, 4.69) is 4.98 Å². The van der Waals surface area contributed by atoms with Crippen LogP contribution in [0.1, 0.15) is 25.3 Å². The van der Waals surface area contributed by atoms with E-state index in [0.717, 1.165) is 12.8 Å². The smallest absolute Gasteiger partial charge is 0.273 e. The van der Waals surface area contributed by atoms with Crippen molar-refractivity contribution in [3.8, 4) is 0 Å². The molecule has 0 aromatic carbocycles. The largest absolute Gasteiger partial charge is 0.364 e. The second-order valence-corrected chi connectivity index (χ2v) is 3.03. The van der Waals surface area contributed by atoms with Crippen LogP contribution in [0.4, 0.5) is 0 Å². The lowest BCUT2D eigenvalue weighted by Crippen LogP contribution is -2.31. The van der Waals surface area contributed by atoms with Crippen LogP contribution in [0.5, 0.6) is 0 Å². The van der Waals surface area contributed by atoms with Crippen molar-refractivity contribution in [3.63, 3.8) is 0 Å². The summed E-state index contributed by atoms with van der Waals surface area (Å²) in [4.78, 5) is 14.8. The lowest BCUT2D eigenvalue weighted by molar-refractivity contribution is 0.256. The summed E-state index contributed by atoms with van der Waals surface area (Å²) in [6, 6.07) is 0.412. The fourth-order valence-electron chi connectivity index (χ4n) is 1.43. The number of hydrogen-bond acceptors (Lipinski definition) is 2. The summed E-state index contributed by atoms with van der Waals surface area (Å²) < 4.78 is 3.50. The van der Waals surface area contributed by atoms with Crippen LogP contribution in [-0.4, -0.2) is 14.3 Å². The predicted molar refractivity (Wildman–Crippen MR) is 40.4 cm³/mol. The molecule has 4 heteroatoms. The van der Waals surface area contributed by atoms with E-state index in [-0.39, 0.29) is 5.69 Å². The third-order valence-corrected chi connectivity index (χ3v) is 2.29. The quantitative estimate of drug-likeness (QED) is 0.582. The van der Waals surface area contributed by atoms with Crippen LogP contribution in [0.3, 0.4) is 0 Å². The van der Waals surface area contributed by atoms with E-state index in [9.17, 15) is 4.79 Å². The molecule has 0 amide bonds. The Kier molecular flexibility index (Phi) is 1.34. The zero-order valence-corrected chi connectivity index (χ0v) is 6.53. The average molecular weight is 153 g/mol. The molecule has 0 atom stereocenters. The minimum Gasteiger partial charge on any atom is -0.273 e. The van der Waals surface area contributed by atoms with E-state index in [1.54, 1.807) is 15.7 Å². The van der Waals surface area contributed by atoms with Gasteiger partial charge in [0.1, 0.15) is 6.33 Å². The van der Waals surface area contributed by atoms with Gasteiger partial charge in [-0.1, -0.05) is 0 Å². The molecule has 0 saturated heterocycles. The summed E-state index contributed by atoms with van der Waals surface area (Å²) in [5, 5.41) is 0. The third kappa shape index (κ3) is 0.895. The van der Waals surface area contributed by atoms with Gasteiger partial charge in [0.25, 0.3) is 0 Å². The summed E-state index contributed by atoms with van der Waals surface area (Å²) in [6.45, 7) is 0. The summed E-state index contributed by atoms with van der Waals surface area (Å²) in [6.07, 6.45) is 5.06. The second kappa shape index (κ2) is 2.22. The highest BCUT2D eigenvalue weighted by Crippen LogP contribution is 2.29. The number of aryl methyl sites for hydroxylation is 1. The van der Waals surface area contributed by atoms with Crippen LogP contribution < -0.4 is 5.69 Å². The highest BCUT2D eigenvalue weighted by molar-refractivity contribution is 4.78. The van der Waals surface area contributed by atoms with Gasteiger partial charge in [-0.3, -0.25) is 4.68 Å². The first-order chi connectivity index (χ1) is 5.29. The number of nitrogens with zero attached hydrogens (tertiary/aromatic N) is 3. The van der Waals surface area contributed by atoms with Gasteiger partial charge in [0.15, 0.2) is 0 Å². The van der Waals surface area contributed by atoms with Crippen molar-refractivity contribution in [3.05, 3.63) is 16.8 Å².